The normalized spacial score (nSPS) is 10.1. The van der Waals surface area contributed by atoms with Gasteiger partial charge in [0, 0.05) is 117 Å². The van der Waals surface area contributed by atoms with Gasteiger partial charge in [0.2, 0.25) is 0 Å². The van der Waals surface area contributed by atoms with E-state index in [1.54, 1.807) is 49.6 Å². The van der Waals surface area contributed by atoms with Gasteiger partial charge >= 0.3 is 68.3 Å². The molecule has 0 aliphatic carbocycles. The van der Waals surface area contributed by atoms with Crippen LogP contribution in [-0.4, -0.2) is 63.7 Å². The Morgan fingerprint density at radius 3 is 0.420 bits per heavy atom. The molecule has 0 aliphatic rings. The van der Waals surface area contributed by atoms with Crippen molar-refractivity contribution < 1.29 is 234 Å². The second-order valence-electron chi connectivity index (χ2n) is 17.6. The Balaban J connectivity index is -0.000000522. The molecule has 0 fully saturated rings. The topological polar surface area (TPSA) is 699 Å². The number of hydrogen-bond acceptors (Lipinski definition) is 32. The van der Waals surface area contributed by atoms with Crippen molar-refractivity contribution in [2.24, 2.45) is 0 Å². The summed E-state index contributed by atoms with van der Waals surface area (Å²) in [6.07, 6.45) is 13.7. The molecule has 4 radical (unpaired) electrons. The number of fused-ring (bicyclic) bond motifs is 12. The predicted octanol–water partition coefficient (Wildman–Crippen LogP) is -14.4. The summed E-state index contributed by atoms with van der Waals surface area (Å²) in [4.78, 5) is 73.4. The van der Waals surface area contributed by atoms with E-state index < -0.39 is 64.8 Å². The van der Waals surface area contributed by atoms with Crippen LogP contribution >= 0.6 is 0 Å². The van der Waals surface area contributed by atoms with Gasteiger partial charge in [0.25, 0.3) is 0 Å². The molecule has 8 heterocycles. The first-order valence-corrected chi connectivity index (χ1v) is 30.6. The molecule has 0 amide bonds. The van der Waals surface area contributed by atoms with Gasteiger partial charge in [-0.05, 0) is 87.1 Å². The SMILES string of the molecule is O=C([O-])CCCC(=O)[O-].O=C([O-])CCCC(=O)[O-].[Cu+2].[Cu+2].[Cu+2].[Cu+2].[O-][Cl+3]([O-])([O-])[O-].[O-][Cl+3]([O-])([O-])[O-].[O-][Cl+3]([O-])([O-])[O-].[O-][Cl+3]([O-])([O-])[O-].[OH3+].[OH3+].c1cnc2c(c1)ccc1cccnc12.c1cnc2c(c1)ccc1cccnc12.c1cnc2c(c1)ccc1cccnc12.c1cnc2c(c1)ccc1cccnc12. The van der Waals surface area contributed by atoms with Crippen LogP contribution in [0, 0.1) is 41.0 Å². The Bertz CT molecular complexity index is 3590. The van der Waals surface area contributed by atoms with E-state index in [2.05, 4.69) is 137 Å². The van der Waals surface area contributed by atoms with Crippen LogP contribution in [0.3, 0.4) is 0 Å². The number of carbonyl (C=O) groups excluding carboxylic acids is 4. The molecule has 8 aromatic heterocycles. The summed E-state index contributed by atoms with van der Waals surface area (Å²) >= 11 is 0. The number of aliphatic carboxylic acids is 4. The van der Waals surface area contributed by atoms with E-state index >= 15 is 0 Å². The third-order valence-corrected chi connectivity index (χ3v) is 10.9. The minimum Gasteiger partial charge on any atom is -0.550 e. The minimum atomic E-state index is -4.94. The van der Waals surface area contributed by atoms with E-state index in [4.69, 9.17) is 74.5 Å². The number of carboxylic acids is 4. The summed E-state index contributed by atoms with van der Waals surface area (Å²) < 4.78 is 136. The summed E-state index contributed by atoms with van der Waals surface area (Å²) in [5.74, 6) is -4.90. The van der Waals surface area contributed by atoms with Crippen LogP contribution in [0.4, 0.5) is 0 Å². The standard InChI is InChI=1S/4C12H8N2.2C5H8O4.4ClHO4.4Cu.2H2O/c4*1-3-9-5-6-10-4-2-8-14-12(10)11(9)13-7-1;2*6-4(7)2-1-3-5(8)9;4*2-1(3,4)5;;;;;;/h4*1-8H;2*1-3H2,(H,6,7)(H,8,9);4*(H,2,3,4,5);;;;;2*1H2/q;;;;;;;;;;4*+2;;/p-6. The quantitative estimate of drug-likeness (QED) is 0.0774. The Hall–Kier alpha value is -7.44. The third-order valence-electron chi connectivity index (χ3n) is 10.9. The predicted molar refractivity (Wildman–Crippen MR) is 286 cm³/mol. The van der Waals surface area contributed by atoms with Crippen molar-refractivity contribution in [3.8, 4) is 0 Å². The van der Waals surface area contributed by atoms with Crippen molar-refractivity contribution in [3.05, 3.63) is 195 Å². The maximum atomic E-state index is 9.66. The van der Waals surface area contributed by atoms with Crippen molar-refractivity contribution in [2.45, 2.75) is 38.5 Å². The second kappa shape index (κ2) is 50.0. The number of rotatable bonds is 8. The average molecular weight is 1670 g/mol. The summed E-state index contributed by atoms with van der Waals surface area (Å²) in [5, 5.41) is 47.7. The number of halogens is 4. The van der Waals surface area contributed by atoms with E-state index in [9.17, 15) is 39.6 Å². The Labute approximate surface area is 614 Å². The van der Waals surface area contributed by atoms with Crippen LogP contribution < -0.4 is 95.0 Å². The van der Waals surface area contributed by atoms with E-state index in [1.165, 1.54) is 0 Å². The molecule has 6 N–H and O–H groups in total. The maximum absolute atomic E-state index is 9.66. The van der Waals surface area contributed by atoms with Gasteiger partial charge in [-0.25, -0.2) is 74.5 Å². The first-order valence-electron chi connectivity index (χ1n) is 25.7. The summed E-state index contributed by atoms with van der Waals surface area (Å²) in [6, 6.07) is 48.6. The molecule has 0 aliphatic heterocycles. The van der Waals surface area contributed by atoms with Gasteiger partial charge in [-0.15, -0.1) is 41.0 Å². The molecule has 100 heavy (non-hydrogen) atoms. The number of hydrogen-bond donors (Lipinski definition) is 0. The molecule has 0 bridgehead atoms. The van der Waals surface area contributed by atoms with Crippen molar-refractivity contribution >= 4 is 111 Å². The zero-order valence-electron chi connectivity index (χ0n) is 50.0. The average Bonchev–Trinajstić information content (AvgIpc) is 0.827. The third kappa shape index (κ3) is 43.9. The fourth-order valence-corrected chi connectivity index (χ4v) is 7.47. The molecule has 34 nitrogen and oxygen atoms in total. The van der Waals surface area contributed by atoms with Crippen molar-refractivity contribution in [3.63, 3.8) is 0 Å². The van der Waals surface area contributed by atoms with E-state index in [0.29, 0.717) is 0 Å². The van der Waals surface area contributed by atoms with Gasteiger partial charge < -0.3 is 50.6 Å². The number of aromatic nitrogens is 8. The van der Waals surface area contributed by atoms with E-state index in [1.807, 2.05) is 48.5 Å². The van der Waals surface area contributed by atoms with Crippen molar-refractivity contribution in [2.75, 3.05) is 0 Å². The smallest absolute Gasteiger partial charge is 0.550 e. The molecule has 4 aromatic carbocycles. The second-order valence-corrected chi connectivity index (χ2v) is 20.6. The first kappa shape index (κ1) is 98.9. The monoisotopic (exact) mass is 1670 g/mol. The molecule has 0 atom stereocenters. The molecule has 0 saturated carbocycles. The molecule has 0 saturated heterocycles. The van der Waals surface area contributed by atoms with Gasteiger partial charge in [0.05, 0.1) is 44.1 Å². The molecular formula is C58H50Cl4Cu4N8O26+2. The molecule has 548 valence electrons. The van der Waals surface area contributed by atoms with Gasteiger partial charge in [0.15, 0.2) is 0 Å². The van der Waals surface area contributed by atoms with Crippen LogP contribution in [-0.2, 0) is 98.4 Å². The van der Waals surface area contributed by atoms with E-state index in [0.717, 1.165) is 87.2 Å². The summed E-state index contributed by atoms with van der Waals surface area (Å²) in [7, 11) is -19.8. The first-order chi connectivity index (χ1) is 44.0. The molecule has 0 unspecified atom stereocenters. The van der Waals surface area contributed by atoms with Crippen LogP contribution in [0.15, 0.2) is 195 Å². The number of pyridine rings is 8. The molecule has 42 heteroatoms. The largest absolute Gasteiger partial charge is 2.00 e. The number of benzene rings is 4. The van der Waals surface area contributed by atoms with Crippen LogP contribution in [0.25, 0.3) is 87.2 Å². The van der Waals surface area contributed by atoms with Gasteiger partial charge in [0.1, 0.15) is 0 Å². The maximum Gasteiger partial charge on any atom is 2.00 e. The summed E-state index contributed by atoms with van der Waals surface area (Å²) in [5.41, 5.74) is 7.82. The van der Waals surface area contributed by atoms with Crippen molar-refractivity contribution in [1.82, 2.24) is 39.9 Å². The molecule has 12 rings (SSSR count). The van der Waals surface area contributed by atoms with Crippen LogP contribution in [0.5, 0.6) is 0 Å². The zero-order valence-corrected chi connectivity index (χ0v) is 56.8. The fraction of sp³-hybridized carbons (Fsp3) is 0.103. The Morgan fingerprint density at radius 2 is 0.330 bits per heavy atom. The minimum absolute atomic E-state index is 0. The van der Waals surface area contributed by atoms with Crippen molar-refractivity contribution in [1.29, 1.82) is 0 Å². The van der Waals surface area contributed by atoms with Crippen LogP contribution in [0.1, 0.15) is 38.5 Å². The number of carbonyl (C=O) groups is 4. The zero-order chi connectivity index (χ0) is 70.1. The fourth-order valence-electron chi connectivity index (χ4n) is 7.47. The van der Waals surface area contributed by atoms with Crippen LogP contribution in [0.2, 0.25) is 0 Å². The molecule has 12 aromatic rings. The van der Waals surface area contributed by atoms with Gasteiger partial charge in [-0.2, -0.15) is 0 Å². The molecular weight excluding hydrogens is 1620 g/mol. The van der Waals surface area contributed by atoms with Gasteiger partial charge in [-0.3, -0.25) is 39.9 Å². The summed E-state index contributed by atoms with van der Waals surface area (Å²) in [6.45, 7) is 0. The Morgan fingerprint density at radius 1 is 0.230 bits per heavy atom. The Kier molecular flexibility index (Phi) is 49.5. The number of nitrogens with zero attached hydrogens (tertiary/aromatic N) is 8. The number of carboxylic acid groups (broad SMARTS) is 4. The van der Waals surface area contributed by atoms with Gasteiger partial charge in [-0.1, -0.05) is 97.1 Å². The van der Waals surface area contributed by atoms with E-state index in [-0.39, 0.29) is 118 Å². The molecule has 0 spiro atoms.